The molecule has 1 rings (SSSR count). The average Bonchev–Trinajstić information content (AvgIpc) is 2.53. The van der Waals surface area contributed by atoms with Gasteiger partial charge in [0.15, 0.2) is 5.78 Å². The Morgan fingerprint density at radius 3 is 2.18 bits per heavy atom. The highest BCUT2D eigenvalue weighted by Gasteiger charge is 2.30. The maximum atomic E-state index is 11.7. The number of carbonyl (C=O) groups is 2. The lowest BCUT2D eigenvalue weighted by molar-refractivity contribution is -0.141. The predicted octanol–water partition coefficient (Wildman–Crippen LogP) is -1.95. The monoisotopic (exact) mass is 313 g/mol. The zero-order valence-corrected chi connectivity index (χ0v) is 11.7. The van der Waals surface area contributed by atoms with Crippen molar-refractivity contribution in [1.82, 2.24) is 5.32 Å². The van der Waals surface area contributed by atoms with Crippen LogP contribution in [0, 0.1) is 0 Å². The highest BCUT2D eigenvalue weighted by molar-refractivity contribution is 5.86. The normalized spacial score (nSPS) is 16.5. The molecule has 0 saturated carbocycles. The first-order valence-electron chi connectivity index (χ1n) is 6.57. The molecule has 0 amide bonds. The van der Waals surface area contributed by atoms with Gasteiger partial charge >= 0.3 is 5.97 Å². The molecule has 6 N–H and O–H groups in total. The molecule has 122 valence electrons. The summed E-state index contributed by atoms with van der Waals surface area (Å²) in [5.74, 6) is -2.10. The first kappa shape index (κ1) is 18.2. The van der Waals surface area contributed by atoms with Gasteiger partial charge in [-0.05, 0) is 5.56 Å². The summed E-state index contributed by atoms with van der Waals surface area (Å²) in [6.07, 6.45) is -5.44. The van der Waals surface area contributed by atoms with Gasteiger partial charge in [-0.1, -0.05) is 30.3 Å². The van der Waals surface area contributed by atoms with Crippen LogP contribution in [0.5, 0.6) is 0 Å². The second-order valence-corrected chi connectivity index (χ2v) is 4.71. The number of aliphatic carboxylic acids is 1. The van der Waals surface area contributed by atoms with E-state index in [1.165, 1.54) is 0 Å². The average molecular weight is 313 g/mol. The van der Waals surface area contributed by atoms with Crippen LogP contribution in [-0.4, -0.2) is 68.7 Å². The summed E-state index contributed by atoms with van der Waals surface area (Å²) in [5, 5.41) is 48.4. The zero-order valence-electron chi connectivity index (χ0n) is 11.7. The Labute approximate surface area is 126 Å². The highest BCUT2D eigenvalue weighted by atomic mass is 16.4. The minimum absolute atomic E-state index is 0.424. The molecular weight excluding hydrogens is 294 g/mol. The summed E-state index contributed by atoms with van der Waals surface area (Å²) in [6, 6.07) is 6.98. The van der Waals surface area contributed by atoms with E-state index >= 15 is 0 Å². The van der Waals surface area contributed by atoms with Crippen LogP contribution in [0.4, 0.5) is 0 Å². The molecule has 0 aromatic heterocycles. The lowest BCUT2D eigenvalue weighted by Gasteiger charge is -2.21. The van der Waals surface area contributed by atoms with Crippen molar-refractivity contribution in [2.45, 2.75) is 24.4 Å². The Hall–Kier alpha value is -1.84. The van der Waals surface area contributed by atoms with Gasteiger partial charge in [-0.15, -0.1) is 0 Å². The molecule has 0 bridgehead atoms. The molecule has 0 saturated heterocycles. The number of hydrogen-bond donors (Lipinski definition) is 6. The topological polar surface area (TPSA) is 147 Å². The summed E-state index contributed by atoms with van der Waals surface area (Å²) in [4.78, 5) is 22.9. The summed E-state index contributed by atoms with van der Waals surface area (Å²) in [5.41, 5.74) is 0.424. The van der Waals surface area contributed by atoms with E-state index in [0.717, 1.165) is 0 Å². The number of carboxylic acids is 1. The molecular formula is C14H19NO7. The first-order chi connectivity index (χ1) is 10.4. The van der Waals surface area contributed by atoms with Gasteiger partial charge in [0.1, 0.15) is 24.4 Å². The third kappa shape index (κ3) is 4.86. The SMILES string of the molecule is O=C(O)[C@@H](NCC(=O)[C@@H](O)[C@H](O)[C@H](O)CO)c1ccccc1. The van der Waals surface area contributed by atoms with E-state index in [4.69, 9.17) is 15.3 Å². The van der Waals surface area contributed by atoms with E-state index in [1.807, 2.05) is 0 Å². The molecule has 0 fully saturated rings. The summed E-state index contributed by atoms with van der Waals surface area (Å²) in [7, 11) is 0. The Bertz CT molecular complexity index is 493. The first-order valence-corrected chi connectivity index (χ1v) is 6.57. The van der Waals surface area contributed by atoms with E-state index in [-0.39, 0.29) is 0 Å². The molecule has 0 aliphatic carbocycles. The van der Waals surface area contributed by atoms with Crippen molar-refractivity contribution in [2.24, 2.45) is 0 Å². The lowest BCUT2D eigenvalue weighted by Crippen LogP contribution is -2.47. The van der Waals surface area contributed by atoms with Crippen LogP contribution in [-0.2, 0) is 9.59 Å². The number of nitrogens with one attached hydrogen (secondary N) is 1. The Morgan fingerprint density at radius 1 is 1.09 bits per heavy atom. The number of carbonyl (C=O) groups excluding carboxylic acids is 1. The summed E-state index contributed by atoms with van der Waals surface area (Å²) >= 11 is 0. The van der Waals surface area contributed by atoms with Gasteiger partial charge in [0.25, 0.3) is 0 Å². The third-order valence-corrected chi connectivity index (χ3v) is 3.09. The van der Waals surface area contributed by atoms with Crippen molar-refractivity contribution in [3.8, 4) is 0 Å². The predicted molar refractivity (Wildman–Crippen MR) is 74.9 cm³/mol. The Kier molecular flexibility index (Phi) is 7.09. The van der Waals surface area contributed by atoms with Crippen LogP contribution >= 0.6 is 0 Å². The molecule has 8 heteroatoms. The second-order valence-electron chi connectivity index (χ2n) is 4.71. The van der Waals surface area contributed by atoms with Crippen molar-refractivity contribution in [3.63, 3.8) is 0 Å². The van der Waals surface area contributed by atoms with E-state index < -0.39 is 49.3 Å². The van der Waals surface area contributed by atoms with Crippen LogP contribution in [0.2, 0.25) is 0 Å². The number of aliphatic hydroxyl groups excluding tert-OH is 4. The Balaban J connectivity index is 2.66. The van der Waals surface area contributed by atoms with Gasteiger partial charge in [-0.2, -0.15) is 0 Å². The van der Waals surface area contributed by atoms with Crippen LogP contribution in [0.1, 0.15) is 11.6 Å². The van der Waals surface area contributed by atoms with Crippen molar-refractivity contribution >= 4 is 11.8 Å². The summed E-state index contributed by atoms with van der Waals surface area (Å²) < 4.78 is 0. The molecule has 1 aromatic carbocycles. The molecule has 0 aliphatic heterocycles. The molecule has 1 aromatic rings. The lowest BCUT2D eigenvalue weighted by atomic mass is 10.0. The van der Waals surface area contributed by atoms with E-state index in [1.54, 1.807) is 30.3 Å². The second kappa shape index (κ2) is 8.57. The van der Waals surface area contributed by atoms with E-state index in [0.29, 0.717) is 5.56 Å². The molecule has 0 unspecified atom stereocenters. The fraction of sp³-hybridized carbons (Fsp3) is 0.429. The van der Waals surface area contributed by atoms with Gasteiger partial charge in [0.2, 0.25) is 0 Å². The minimum atomic E-state index is -1.93. The smallest absolute Gasteiger partial charge is 0.325 e. The van der Waals surface area contributed by atoms with E-state index in [2.05, 4.69) is 5.32 Å². The number of aliphatic hydroxyl groups is 4. The van der Waals surface area contributed by atoms with Crippen LogP contribution in [0.15, 0.2) is 30.3 Å². The number of ketones is 1. The van der Waals surface area contributed by atoms with Crippen LogP contribution in [0.25, 0.3) is 0 Å². The van der Waals surface area contributed by atoms with Crippen molar-refractivity contribution < 1.29 is 35.1 Å². The summed E-state index contributed by atoms with van der Waals surface area (Å²) in [6.45, 7) is -1.34. The Morgan fingerprint density at radius 2 is 1.68 bits per heavy atom. The fourth-order valence-electron chi connectivity index (χ4n) is 1.81. The largest absolute Gasteiger partial charge is 0.480 e. The van der Waals surface area contributed by atoms with Gasteiger partial charge in [0, 0.05) is 0 Å². The van der Waals surface area contributed by atoms with Gasteiger partial charge < -0.3 is 25.5 Å². The molecule has 0 radical (unpaired) electrons. The highest BCUT2D eigenvalue weighted by Crippen LogP contribution is 2.12. The maximum absolute atomic E-state index is 11.7. The molecule has 22 heavy (non-hydrogen) atoms. The fourth-order valence-corrected chi connectivity index (χ4v) is 1.81. The van der Waals surface area contributed by atoms with Crippen LogP contribution in [0.3, 0.4) is 0 Å². The van der Waals surface area contributed by atoms with E-state index in [9.17, 15) is 19.8 Å². The zero-order chi connectivity index (χ0) is 16.7. The van der Waals surface area contributed by atoms with Crippen molar-refractivity contribution in [2.75, 3.05) is 13.2 Å². The molecule has 4 atom stereocenters. The number of benzene rings is 1. The van der Waals surface area contributed by atoms with Gasteiger partial charge in [-0.25, -0.2) is 0 Å². The van der Waals surface area contributed by atoms with Gasteiger partial charge in [0.05, 0.1) is 13.2 Å². The molecule has 0 spiro atoms. The van der Waals surface area contributed by atoms with Gasteiger partial charge in [-0.3, -0.25) is 14.9 Å². The molecule has 0 aliphatic rings. The quantitative estimate of drug-likeness (QED) is 0.308. The van der Waals surface area contributed by atoms with Crippen LogP contribution < -0.4 is 5.32 Å². The maximum Gasteiger partial charge on any atom is 0.325 e. The number of carboxylic acid groups (broad SMARTS) is 1. The third-order valence-electron chi connectivity index (χ3n) is 3.09. The van der Waals surface area contributed by atoms with Crippen molar-refractivity contribution in [1.29, 1.82) is 0 Å². The minimum Gasteiger partial charge on any atom is -0.480 e. The number of hydrogen-bond acceptors (Lipinski definition) is 7. The standard InChI is InChI=1S/C14H19NO7/c16-7-10(18)13(20)12(19)9(17)6-15-11(14(21)22)8-4-2-1-3-5-8/h1-5,10-13,15-16,18-20H,6-7H2,(H,21,22)/t10-,11+,12-,13-/m1/s1. The van der Waals surface area contributed by atoms with Crippen molar-refractivity contribution in [3.05, 3.63) is 35.9 Å². The molecule has 8 nitrogen and oxygen atoms in total. The number of Topliss-reactive ketones (excluding diaryl/α,β-unsaturated/α-hetero) is 1. The number of rotatable bonds is 9. The molecule has 0 heterocycles.